The first-order chi connectivity index (χ1) is 11.5. The number of rotatable bonds is 4. The predicted molar refractivity (Wildman–Crippen MR) is 94.9 cm³/mol. The molecule has 0 aliphatic rings. The van der Waals surface area contributed by atoms with E-state index in [1.165, 1.54) is 24.3 Å². The minimum atomic E-state index is -1.27. The molecule has 2 aromatic carbocycles. The fourth-order valence-corrected chi connectivity index (χ4v) is 2.06. The molecule has 1 amide bonds. The van der Waals surface area contributed by atoms with E-state index < -0.39 is 11.9 Å². The van der Waals surface area contributed by atoms with Gasteiger partial charge in [-0.2, -0.15) is 0 Å². The van der Waals surface area contributed by atoms with Crippen molar-refractivity contribution in [3.8, 4) is 5.75 Å². The zero-order valence-electron chi connectivity index (χ0n) is 12.4. The zero-order chi connectivity index (χ0) is 17.5. The number of amides is 1. The molecule has 0 fully saturated rings. The van der Waals surface area contributed by atoms with E-state index in [0.29, 0.717) is 5.69 Å². The van der Waals surface area contributed by atoms with Gasteiger partial charge in [0.15, 0.2) is 5.11 Å². The summed E-state index contributed by atoms with van der Waals surface area (Å²) in [6.07, 6.45) is 2.98. The predicted octanol–water partition coefficient (Wildman–Crippen LogP) is 2.62. The summed E-state index contributed by atoms with van der Waals surface area (Å²) in [6, 6.07) is 13.2. The van der Waals surface area contributed by atoms with Gasteiger partial charge in [-0.3, -0.25) is 10.1 Å². The summed E-state index contributed by atoms with van der Waals surface area (Å²) < 4.78 is 0. The van der Waals surface area contributed by atoms with Crippen molar-refractivity contribution in [1.29, 1.82) is 0 Å². The van der Waals surface area contributed by atoms with Crippen LogP contribution in [0.4, 0.5) is 5.69 Å². The first-order valence-corrected chi connectivity index (χ1v) is 7.28. The van der Waals surface area contributed by atoms with Crippen molar-refractivity contribution in [2.45, 2.75) is 0 Å². The van der Waals surface area contributed by atoms with Crippen LogP contribution in [0.2, 0.25) is 0 Å². The highest BCUT2D eigenvalue weighted by Crippen LogP contribution is 2.21. The normalized spacial score (nSPS) is 10.3. The first-order valence-electron chi connectivity index (χ1n) is 6.87. The van der Waals surface area contributed by atoms with Crippen LogP contribution in [0.25, 0.3) is 6.08 Å². The number of carboxylic acid groups (broad SMARTS) is 1. The Morgan fingerprint density at radius 3 is 2.46 bits per heavy atom. The monoisotopic (exact) mass is 342 g/mol. The van der Waals surface area contributed by atoms with E-state index in [4.69, 9.17) is 17.3 Å². The van der Waals surface area contributed by atoms with E-state index in [-0.39, 0.29) is 16.4 Å². The third-order valence-corrected chi connectivity index (χ3v) is 3.15. The molecule has 0 aromatic heterocycles. The molecule has 0 heterocycles. The lowest BCUT2D eigenvalue weighted by atomic mass is 10.2. The van der Waals surface area contributed by atoms with E-state index in [0.717, 1.165) is 5.56 Å². The van der Waals surface area contributed by atoms with Crippen molar-refractivity contribution < 1.29 is 19.8 Å². The number of nitrogens with one attached hydrogen (secondary N) is 2. The van der Waals surface area contributed by atoms with Crippen LogP contribution in [0.15, 0.2) is 54.6 Å². The fraction of sp³-hybridized carbons (Fsp3) is 0. The molecule has 0 saturated heterocycles. The Hall–Kier alpha value is -3.19. The number of thiocarbonyl (C=S) groups is 1. The van der Waals surface area contributed by atoms with Crippen LogP contribution in [0, 0.1) is 0 Å². The molecule has 0 radical (unpaired) electrons. The molecular formula is C17H14N2O4S. The van der Waals surface area contributed by atoms with Crippen LogP contribution in [0.3, 0.4) is 0 Å². The molecule has 0 saturated carbocycles. The van der Waals surface area contributed by atoms with Crippen LogP contribution >= 0.6 is 12.2 Å². The highest BCUT2D eigenvalue weighted by Gasteiger charge is 2.11. The van der Waals surface area contributed by atoms with Crippen LogP contribution < -0.4 is 10.6 Å². The maximum absolute atomic E-state index is 11.8. The maximum Gasteiger partial charge on any atom is 0.339 e. The Morgan fingerprint density at radius 2 is 1.79 bits per heavy atom. The number of anilines is 1. The first kappa shape index (κ1) is 17.2. The Morgan fingerprint density at radius 1 is 1.08 bits per heavy atom. The minimum absolute atomic E-state index is 0.0136. The van der Waals surface area contributed by atoms with Crippen LogP contribution in [0.1, 0.15) is 15.9 Å². The molecule has 2 rings (SSSR count). The number of aromatic hydroxyl groups is 1. The number of phenols is 1. The van der Waals surface area contributed by atoms with Gasteiger partial charge in [-0.1, -0.05) is 30.3 Å². The molecule has 0 aliphatic carbocycles. The number of carbonyl (C=O) groups excluding carboxylic acids is 1. The van der Waals surface area contributed by atoms with Crippen molar-refractivity contribution in [2.24, 2.45) is 0 Å². The topological polar surface area (TPSA) is 98.7 Å². The zero-order valence-corrected chi connectivity index (χ0v) is 13.2. The lowest BCUT2D eigenvalue weighted by Crippen LogP contribution is -2.32. The summed E-state index contributed by atoms with van der Waals surface area (Å²) in [5.41, 5.74) is 0.941. The Bertz CT molecular complexity index is 803. The fourth-order valence-electron chi connectivity index (χ4n) is 1.84. The van der Waals surface area contributed by atoms with Crippen molar-refractivity contribution >= 4 is 41.0 Å². The lowest BCUT2D eigenvalue weighted by molar-refractivity contribution is -0.115. The average molecular weight is 342 g/mol. The van der Waals surface area contributed by atoms with Crippen molar-refractivity contribution in [3.63, 3.8) is 0 Å². The summed E-state index contributed by atoms with van der Waals surface area (Å²) in [7, 11) is 0. The van der Waals surface area contributed by atoms with E-state index in [9.17, 15) is 14.7 Å². The molecule has 6 nitrogen and oxygen atoms in total. The number of hydrogen-bond acceptors (Lipinski definition) is 4. The molecule has 0 bridgehead atoms. The van der Waals surface area contributed by atoms with Gasteiger partial charge in [0, 0.05) is 11.8 Å². The number of carbonyl (C=O) groups is 2. The summed E-state index contributed by atoms with van der Waals surface area (Å²) in [6.45, 7) is 0. The van der Waals surface area contributed by atoms with Crippen LogP contribution in [0.5, 0.6) is 5.75 Å². The molecule has 0 unspecified atom stereocenters. The van der Waals surface area contributed by atoms with Gasteiger partial charge in [0.2, 0.25) is 5.91 Å². The molecule has 24 heavy (non-hydrogen) atoms. The number of benzene rings is 2. The number of hydrogen-bond donors (Lipinski definition) is 4. The maximum atomic E-state index is 11.8. The van der Waals surface area contributed by atoms with Gasteiger partial charge in [0.05, 0.1) is 0 Å². The summed E-state index contributed by atoms with van der Waals surface area (Å²) in [5.74, 6) is -2.04. The summed E-state index contributed by atoms with van der Waals surface area (Å²) in [5, 5.41) is 23.5. The highest BCUT2D eigenvalue weighted by molar-refractivity contribution is 7.80. The van der Waals surface area contributed by atoms with Gasteiger partial charge in [-0.05, 0) is 42.1 Å². The van der Waals surface area contributed by atoms with Crippen molar-refractivity contribution in [1.82, 2.24) is 5.32 Å². The van der Waals surface area contributed by atoms with E-state index in [1.807, 2.05) is 30.3 Å². The van der Waals surface area contributed by atoms with Gasteiger partial charge in [0.25, 0.3) is 0 Å². The van der Waals surface area contributed by atoms with Gasteiger partial charge < -0.3 is 15.5 Å². The summed E-state index contributed by atoms with van der Waals surface area (Å²) in [4.78, 5) is 22.7. The van der Waals surface area contributed by atoms with Gasteiger partial charge in [0.1, 0.15) is 11.3 Å². The second-order valence-corrected chi connectivity index (χ2v) is 5.13. The molecule has 122 valence electrons. The Kier molecular flexibility index (Phi) is 5.64. The molecule has 0 spiro atoms. The van der Waals surface area contributed by atoms with Crippen LogP contribution in [-0.4, -0.2) is 27.2 Å². The second-order valence-electron chi connectivity index (χ2n) is 4.72. The largest absolute Gasteiger partial charge is 0.507 e. The van der Waals surface area contributed by atoms with E-state index >= 15 is 0 Å². The molecule has 7 heteroatoms. The third kappa shape index (κ3) is 4.92. The van der Waals surface area contributed by atoms with Crippen molar-refractivity contribution in [2.75, 3.05) is 5.32 Å². The molecule has 0 aliphatic heterocycles. The molecule has 4 N–H and O–H groups in total. The quantitative estimate of drug-likeness (QED) is 0.387. The molecular weight excluding hydrogens is 328 g/mol. The SMILES string of the molecule is O=C(/C=C/c1ccccc1)NC(=S)Nc1ccc(O)c(C(=O)O)c1. The number of carboxylic acids is 1. The molecule has 2 aromatic rings. The Balaban J connectivity index is 1.96. The van der Waals surface area contributed by atoms with E-state index in [1.54, 1.807) is 6.08 Å². The second kappa shape index (κ2) is 7.89. The van der Waals surface area contributed by atoms with Gasteiger partial charge in [-0.15, -0.1) is 0 Å². The average Bonchev–Trinajstić information content (AvgIpc) is 2.55. The van der Waals surface area contributed by atoms with Gasteiger partial charge >= 0.3 is 5.97 Å². The standard InChI is InChI=1S/C17H14N2O4S/c20-14-8-7-12(10-13(14)16(22)23)18-17(24)19-15(21)9-6-11-4-2-1-3-5-11/h1-10,20H,(H,22,23)(H2,18,19,21,24)/b9-6+. The summed E-state index contributed by atoms with van der Waals surface area (Å²) >= 11 is 5.00. The van der Waals surface area contributed by atoms with Crippen molar-refractivity contribution in [3.05, 3.63) is 65.7 Å². The molecule has 0 atom stereocenters. The highest BCUT2D eigenvalue weighted by atomic mass is 32.1. The van der Waals surface area contributed by atoms with E-state index in [2.05, 4.69) is 10.6 Å². The lowest BCUT2D eigenvalue weighted by Gasteiger charge is -2.09. The van der Waals surface area contributed by atoms with Gasteiger partial charge in [-0.25, -0.2) is 4.79 Å². The third-order valence-electron chi connectivity index (χ3n) is 2.95. The smallest absolute Gasteiger partial charge is 0.339 e. The minimum Gasteiger partial charge on any atom is -0.507 e. The Labute approximate surface area is 143 Å². The number of aromatic carboxylic acids is 1. The van der Waals surface area contributed by atoms with Crippen LogP contribution in [-0.2, 0) is 4.79 Å².